The molecule has 1 aliphatic rings. The van der Waals surface area contributed by atoms with E-state index in [4.69, 9.17) is 5.53 Å². The van der Waals surface area contributed by atoms with Crippen molar-refractivity contribution in [1.29, 1.82) is 0 Å². The third-order valence-corrected chi connectivity index (χ3v) is 1.75. The Kier molecular flexibility index (Phi) is 2.11. The number of likely N-dealkylation sites (N-methyl/N-ethyl adjacent to an activating group) is 2. The van der Waals surface area contributed by atoms with Crippen LogP contribution in [0.1, 0.15) is 0 Å². The fraction of sp³-hybridized carbons (Fsp3) is 1.00. The first kappa shape index (κ1) is 7.34. The molecule has 0 aliphatic carbocycles. The van der Waals surface area contributed by atoms with Crippen LogP contribution in [0.3, 0.4) is 0 Å². The van der Waals surface area contributed by atoms with Crippen molar-refractivity contribution in [2.45, 2.75) is 6.29 Å². The average Bonchev–Trinajstić information content (AvgIpc) is 2.20. The summed E-state index contributed by atoms with van der Waals surface area (Å²) in [4.78, 5) is 6.79. The van der Waals surface area contributed by atoms with Gasteiger partial charge >= 0.3 is 0 Å². The van der Waals surface area contributed by atoms with Gasteiger partial charge in [-0.05, 0) is 19.6 Å². The fourth-order valence-corrected chi connectivity index (χ4v) is 1.11. The number of azide groups is 1. The summed E-state index contributed by atoms with van der Waals surface area (Å²) in [6, 6.07) is 0. The van der Waals surface area contributed by atoms with E-state index in [9.17, 15) is 0 Å². The van der Waals surface area contributed by atoms with Crippen molar-refractivity contribution in [3.05, 3.63) is 10.4 Å². The summed E-state index contributed by atoms with van der Waals surface area (Å²) < 4.78 is 0. The second-order valence-electron chi connectivity index (χ2n) is 2.51. The van der Waals surface area contributed by atoms with Gasteiger partial charge in [-0.3, -0.25) is 9.80 Å². The highest BCUT2D eigenvalue weighted by Gasteiger charge is 2.24. The first-order valence-corrected chi connectivity index (χ1v) is 3.20. The predicted octanol–water partition coefficient (Wildman–Crippen LogP) is 0.457. The average molecular weight is 141 g/mol. The van der Waals surface area contributed by atoms with Gasteiger partial charge in [-0.25, -0.2) is 0 Å². The summed E-state index contributed by atoms with van der Waals surface area (Å²) in [5.41, 5.74) is 8.17. The first-order chi connectivity index (χ1) is 4.75. The SMILES string of the molecule is CN1CCN(C)C1N=[N+]=[N-]. The molecule has 0 aromatic rings. The topological polar surface area (TPSA) is 55.2 Å². The lowest BCUT2D eigenvalue weighted by atomic mass is 10.6. The largest absolute Gasteiger partial charge is 0.285 e. The molecule has 0 atom stereocenters. The molecule has 0 saturated carbocycles. The lowest BCUT2D eigenvalue weighted by Gasteiger charge is -2.18. The van der Waals surface area contributed by atoms with Crippen LogP contribution in [0.4, 0.5) is 0 Å². The second-order valence-corrected chi connectivity index (χ2v) is 2.51. The maximum atomic E-state index is 8.17. The zero-order valence-electron chi connectivity index (χ0n) is 6.23. The Labute approximate surface area is 59.8 Å². The zero-order chi connectivity index (χ0) is 7.56. The zero-order valence-corrected chi connectivity index (χ0v) is 6.23. The van der Waals surface area contributed by atoms with E-state index in [1.54, 1.807) is 0 Å². The molecule has 0 N–H and O–H groups in total. The molecule has 0 aromatic carbocycles. The van der Waals surface area contributed by atoms with Gasteiger partial charge in [0.1, 0.15) is 6.29 Å². The van der Waals surface area contributed by atoms with E-state index in [1.165, 1.54) is 0 Å². The van der Waals surface area contributed by atoms with Crippen LogP contribution < -0.4 is 0 Å². The Bertz CT molecular complexity index is 151. The van der Waals surface area contributed by atoms with Crippen molar-refractivity contribution in [2.75, 3.05) is 27.2 Å². The van der Waals surface area contributed by atoms with Gasteiger partial charge in [0, 0.05) is 18.0 Å². The molecule has 1 aliphatic heterocycles. The molecule has 0 unspecified atom stereocenters. The van der Waals surface area contributed by atoms with Crippen molar-refractivity contribution in [3.63, 3.8) is 0 Å². The highest BCUT2D eigenvalue weighted by molar-refractivity contribution is 4.74. The molecular weight excluding hydrogens is 130 g/mol. The molecule has 56 valence electrons. The van der Waals surface area contributed by atoms with Gasteiger partial charge < -0.3 is 0 Å². The van der Waals surface area contributed by atoms with Crippen molar-refractivity contribution < 1.29 is 0 Å². The molecule has 0 radical (unpaired) electrons. The van der Waals surface area contributed by atoms with E-state index in [0.29, 0.717) is 0 Å². The first-order valence-electron chi connectivity index (χ1n) is 3.20. The minimum absolute atomic E-state index is 0.0787. The normalized spacial score (nSPS) is 23.0. The van der Waals surface area contributed by atoms with Gasteiger partial charge in [0.15, 0.2) is 0 Å². The predicted molar refractivity (Wildman–Crippen MR) is 38.2 cm³/mol. The Morgan fingerprint density at radius 2 is 1.90 bits per heavy atom. The lowest BCUT2D eigenvalue weighted by molar-refractivity contribution is 0.195. The molecular formula is C5H11N5. The van der Waals surface area contributed by atoms with Crippen LogP contribution >= 0.6 is 0 Å². The van der Waals surface area contributed by atoms with Crippen LogP contribution in [-0.2, 0) is 0 Å². The monoisotopic (exact) mass is 141 g/mol. The van der Waals surface area contributed by atoms with Crippen LogP contribution in [0.15, 0.2) is 5.11 Å². The smallest absolute Gasteiger partial charge is 0.143 e. The lowest BCUT2D eigenvalue weighted by Crippen LogP contribution is -2.31. The minimum atomic E-state index is -0.0787. The van der Waals surface area contributed by atoms with Crippen molar-refractivity contribution in [2.24, 2.45) is 5.11 Å². The summed E-state index contributed by atoms with van der Waals surface area (Å²) in [5, 5.41) is 3.62. The van der Waals surface area contributed by atoms with E-state index >= 15 is 0 Å². The van der Waals surface area contributed by atoms with E-state index in [1.807, 2.05) is 23.9 Å². The van der Waals surface area contributed by atoms with Crippen LogP contribution in [-0.4, -0.2) is 43.3 Å². The number of hydrogen-bond donors (Lipinski definition) is 0. The molecule has 1 saturated heterocycles. The molecule has 1 fully saturated rings. The second kappa shape index (κ2) is 2.88. The summed E-state index contributed by atoms with van der Waals surface area (Å²) in [6.07, 6.45) is -0.0787. The van der Waals surface area contributed by atoms with Crippen LogP contribution in [0, 0.1) is 0 Å². The standard InChI is InChI=1S/C5H11N5/c1-9-3-4-10(2)5(9)7-8-6/h5H,3-4H2,1-2H3. The van der Waals surface area contributed by atoms with E-state index in [0.717, 1.165) is 13.1 Å². The van der Waals surface area contributed by atoms with Gasteiger partial charge in [-0.1, -0.05) is 5.11 Å². The Hall–Kier alpha value is -0.770. The fourth-order valence-electron chi connectivity index (χ4n) is 1.11. The summed E-state index contributed by atoms with van der Waals surface area (Å²) in [5.74, 6) is 0. The number of hydrogen-bond acceptors (Lipinski definition) is 3. The maximum absolute atomic E-state index is 8.17. The molecule has 1 rings (SSSR count). The van der Waals surface area contributed by atoms with E-state index < -0.39 is 0 Å². The van der Waals surface area contributed by atoms with Gasteiger partial charge in [-0.2, -0.15) is 0 Å². The third kappa shape index (κ3) is 1.21. The Balaban J connectivity index is 2.62. The van der Waals surface area contributed by atoms with Gasteiger partial charge in [0.05, 0.1) is 0 Å². The van der Waals surface area contributed by atoms with Gasteiger partial charge in [0.2, 0.25) is 0 Å². The number of rotatable bonds is 1. The maximum Gasteiger partial charge on any atom is 0.143 e. The molecule has 5 nitrogen and oxygen atoms in total. The van der Waals surface area contributed by atoms with Gasteiger partial charge in [0.25, 0.3) is 0 Å². The highest BCUT2D eigenvalue weighted by atomic mass is 15.5. The van der Waals surface area contributed by atoms with Crippen LogP contribution in [0.25, 0.3) is 10.4 Å². The summed E-state index contributed by atoms with van der Waals surface area (Å²) >= 11 is 0. The molecule has 5 heteroatoms. The molecule has 0 amide bonds. The van der Waals surface area contributed by atoms with Crippen molar-refractivity contribution in [3.8, 4) is 0 Å². The van der Waals surface area contributed by atoms with E-state index in [-0.39, 0.29) is 6.29 Å². The Morgan fingerprint density at radius 1 is 1.40 bits per heavy atom. The molecule has 0 spiro atoms. The van der Waals surface area contributed by atoms with E-state index in [2.05, 4.69) is 10.0 Å². The quantitative estimate of drug-likeness (QED) is 0.302. The number of nitrogens with zero attached hydrogens (tertiary/aromatic N) is 5. The molecule has 0 aromatic heterocycles. The molecule has 10 heavy (non-hydrogen) atoms. The van der Waals surface area contributed by atoms with Crippen molar-refractivity contribution in [1.82, 2.24) is 9.80 Å². The van der Waals surface area contributed by atoms with Crippen LogP contribution in [0.5, 0.6) is 0 Å². The Morgan fingerprint density at radius 3 is 2.30 bits per heavy atom. The van der Waals surface area contributed by atoms with Crippen molar-refractivity contribution >= 4 is 0 Å². The van der Waals surface area contributed by atoms with Gasteiger partial charge in [-0.15, -0.1) is 0 Å². The summed E-state index contributed by atoms with van der Waals surface area (Å²) in [7, 11) is 3.89. The highest BCUT2D eigenvalue weighted by Crippen LogP contribution is 2.10. The third-order valence-electron chi connectivity index (χ3n) is 1.75. The molecule has 0 bridgehead atoms. The summed E-state index contributed by atoms with van der Waals surface area (Å²) in [6.45, 7) is 1.94. The molecule has 1 heterocycles. The minimum Gasteiger partial charge on any atom is -0.285 e. The van der Waals surface area contributed by atoms with Crippen LogP contribution in [0.2, 0.25) is 0 Å².